The minimum atomic E-state index is 0. The first-order valence-electron chi connectivity index (χ1n) is 9.36. The maximum Gasteiger partial charge on any atom is 0.191 e. The molecule has 2 N–H and O–H groups in total. The molecule has 1 saturated carbocycles. The Morgan fingerprint density at radius 2 is 1.81 bits per heavy atom. The number of methoxy groups -OCH3 is 1. The predicted octanol–water partition coefficient (Wildman–Crippen LogP) is 3.97. The molecule has 1 aromatic carbocycles. The zero-order valence-electron chi connectivity index (χ0n) is 16.3. The fraction of sp³-hybridized carbons (Fsp3) is 0.650. The molecule has 6 heteroatoms. The lowest BCUT2D eigenvalue weighted by atomic mass is 9.83. The van der Waals surface area contributed by atoms with Crippen molar-refractivity contribution in [1.82, 2.24) is 10.6 Å². The zero-order chi connectivity index (χ0) is 18.0. The van der Waals surface area contributed by atoms with E-state index in [0.717, 1.165) is 24.8 Å². The summed E-state index contributed by atoms with van der Waals surface area (Å²) in [6, 6.07) is 8.14. The molecule has 0 amide bonds. The van der Waals surface area contributed by atoms with Crippen LogP contribution in [-0.4, -0.2) is 39.9 Å². The van der Waals surface area contributed by atoms with Gasteiger partial charge in [0.15, 0.2) is 5.96 Å². The van der Waals surface area contributed by atoms with Crippen molar-refractivity contribution in [1.29, 1.82) is 0 Å². The Bertz CT molecular complexity index is 528. The highest BCUT2D eigenvalue weighted by molar-refractivity contribution is 14.0. The van der Waals surface area contributed by atoms with Crippen molar-refractivity contribution in [3.8, 4) is 5.75 Å². The van der Waals surface area contributed by atoms with Crippen LogP contribution in [0.3, 0.4) is 0 Å². The molecular formula is C20H34IN3O2. The first-order chi connectivity index (χ1) is 12.2. The van der Waals surface area contributed by atoms with Crippen molar-refractivity contribution in [3.05, 3.63) is 29.8 Å². The van der Waals surface area contributed by atoms with E-state index in [1.807, 2.05) is 19.2 Å². The van der Waals surface area contributed by atoms with Crippen LogP contribution in [0.4, 0.5) is 0 Å². The number of guanidine groups is 1. The van der Waals surface area contributed by atoms with Gasteiger partial charge in [0.2, 0.25) is 0 Å². The van der Waals surface area contributed by atoms with Gasteiger partial charge in [0.1, 0.15) is 12.4 Å². The van der Waals surface area contributed by atoms with Crippen LogP contribution in [0.15, 0.2) is 29.3 Å². The Labute approximate surface area is 175 Å². The van der Waals surface area contributed by atoms with Crippen LogP contribution in [0, 0.1) is 5.41 Å². The summed E-state index contributed by atoms with van der Waals surface area (Å²) in [5, 5.41) is 6.92. The van der Waals surface area contributed by atoms with E-state index in [1.54, 1.807) is 7.11 Å². The predicted molar refractivity (Wildman–Crippen MR) is 119 cm³/mol. The second-order valence-electron chi connectivity index (χ2n) is 6.83. The molecule has 1 aliphatic rings. The van der Waals surface area contributed by atoms with Crippen LogP contribution in [0.25, 0.3) is 0 Å². The molecule has 0 radical (unpaired) electrons. The van der Waals surface area contributed by atoms with Crippen LogP contribution < -0.4 is 15.4 Å². The summed E-state index contributed by atoms with van der Waals surface area (Å²) in [6.07, 6.45) is 6.62. The van der Waals surface area contributed by atoms with E-state index < -0.39 is 0 Å². The summed E-state index contributed by atoms with van der Waals surface area (Å²) in [4.78, 5) is 4.35. The van der Waals surface area contributed by atoms with Gasteiger partial charge in [0.25, 0.3) is 0 Å². The number of halogens is 1. The second-order valence-corrected chi connectivity index (χ2v) is 6.83. The summed E-state index contributed by atoms with van der Waals surface area (Å²) >= 11 is 0. The molecule has 1 aromatic rings. The zero-order valence-corrected chi connectivity index (χ0v) is 18.7. The van der Waals surface area contributed by atoms with Gasteiger partial charge >= 0.3 is 0 Å². The Hall–Kier alpha value is -1.02. The highest BCUT2D eigenvalue weighted by atomic mass is 127. The maximum atomic E-state index is 5.59. The Morgan fingerprint density at radius 1 is 1.12 bits per heavy atom. The van der Waals surface area contributed by atoms with E-state index in [9.17, 15) is 0 Å². The van der Waals surface area contributed by atoms with Crippen LogP contribution in [0.5, 0.6) is 5.75 Å². The molecule has 26 heavy (non-hydrogen) atoms. The average molecular weight is 475 g/mol. The highest BCUT2D eigenvalue weighted by Gasteiger charge is 2.31. The van der Waals surface area contributed by atoms with Gasteiger partial charge < -0.3 is 20.1 Å². The molecule has 148 valence electrons. The van der Waals surface area contributed by atoms with Crippen molar-refractivity contribution in [2.24, 2.45) is 10.4 Å². The molecule has 5 nitrogen and oxygen atoms in total. The number of hydrogen-bond donors (Lipinski definition) is 2. The van der Waals surface area contributed by atoms with Crippen LogP contribution in [0.2, 0.25) is 0 Å². The molecule has 2 rings (SSSR count). The normalized spacial score (nSPS) is 16.0. The molecule has 1 fully saturated rings. The van der Waals surface area contributed by atoms with Crippen molar-refractivity contribution in [2.75, 3.05) is 33.9 Å². The first-order valence-corrected chi connectivity index (χ1v) is 9.36. The number of nitrogens with zero attached hydrogens (tertiary/aromatic N) is 1. The van der Waals surface area contributed by atoms with Crippen LogP contribution >= 0.6 is 24.0 Å². The summed E-state index contributed by atoms with van der Waals surface area (Å²) < 4.78 is 10.6. The van der Waals surface area contributed by atoms with Gasteiger partial charge in [0, 0.05) is 27.2 Å². The molecule has 0 spiro atoms. The Morgan fingerprint density at radius 3 is 2.38 bits per heavy atom. The van der Waals surface area contributed by atoms with Gasteiger partial charge in [-0.05, 0) is 42.4 Å². The summed E-state index contributed by atoms with van der Waals surface area (Å²) in [5.74, 6) is 1.74. The van der Waals surface area contributed by atoms with Gasteiger partial charge in [-0.25, -0.2) is 0 Å². The third-order valence-corrected chi connectivity index (χ3v) is 5.21. The number of nitrogens with one attached hydrogen (secondary N) is 2. The van der Waals surface area contributed by atoms with Crippen molar-refractivity contribution in [3.63, 3.8) is 0 Å². The number of rotatable bonds is 9. The average Bonchev–Trinajstić information content (AvgIpc) is 3.13. The third-order valence-electron chi connectivity index (χ3n) is 5.21. The van der Waals surface area contributed by atoms with E-state index in [4.69, 9.17) is 9.47 Å². The fourth-order valence-electron chi connectivity index (χ4n) is 3.40. The van der Waals surface area contributed by atoms with Crippen molar-refractivity contribution in [2.45, 2.75) is 45.6 Å². The van der Waals surface area contributed by atoms with Crippen molar-refractivity contribution >= 4 is 29.9 Å². The minimum Gasteiger partial charge on any atom is -0.491 e. The van der Waals surface area contributed by atoms with E-state index in [-0.39, 0.29) is 24.0 Å². The molecule has 0 unspecified atom stereocenters. The van der Waals surface area contributed by atoms with Gasteiger partial charge in [-0.15, -0.1) is 24.0 Å². The molecule has 0 atom stereocenters. The quantitative estimate of drug-likeness (QED) is 0.246. The van der Waals surface area contributed by atoms with Gasteiger partial charge in [-0.2, -0.15) is 0 Å². The van der Waals surface area contributed by atoms with Crippen molar-refractivity contribution < 1.29 is 9.47 Å². The minimum absolute atomic E-state index is 0. The second kappa shape index (κ2) is 12.4. The third kappa shape index (κ3) is 7.31. The van der Waals surface area contributed by atoms with Gasteiger partial charge in [0.05, 0.1) is 6.61 Å². The largest absolute Gasteiger partial charge is 0.491 e. The summed E-state index contributed by atoms with van der Waals surface area (Å²) in [6.45, 7) is 5.24. The lowest BCUT2D eigenvalue weighted by Crippen LogP contribution is -2.42. The van der Waals surface area contributed by atoms with Gasteiger partial charge in [-0.1, -0.05) is 31.9 Å². The van der Waals surface area contributed by atoms with E-state index in [2.05, 4.69) is 34.7 Å². The lowest BCUT2D eigenvalue weighted by molar-refractivity contribution is 0.146. The van der Waals surface area contributed by atoms with E-state index in [0.29, 0.717) is 18.6 Å². The molecular weight excluding hydrogens is 441 g/mol. The molecule has 1 aliphatic carbocycles. The standard InChI is InChI=1S/C20H33N3O2.HI/c1-4-20(11-5-6-12-20)16-23-19(21-2)22-15-17-7-9-18(10-8-17)25-14-13-24-3;/h7-10H,4-6,11-16H2,1-3H3,(H2,21,22,23);1H. The lowest BCUT2D eigenvalue weighted by Gasteiger charge is -2.28. The van der Waals surface area contributed by atoms with Gasteiger partial charge in [-0.3, -0.25) is 4.99 Å². The highest BCUT2D eigenvalue weighted by Crippen LogP contribution is 2.40. The first kappa shape index (κ1) is 23.0. The van der Waals surface area contributed by atoms with Crippen LogP contribution in [0.1, 0.15) is 44.6 Å². The number of aliphatic imine (C=N–C) groups is 1. The summed E-state index contributed by atoms with van der Waals surface area (Å²) in [7, 11) is 3.50. The topological polar surface area (TPSA) is 54.9 Å². The fourth-order valence-corrected chi connectivity index (χ4v) is 3.40. The maximum absolute atomic E-state index is 5.59. The van der Waals surface area contributed by atoms with E-state index >= 15 is 0 Å². The SMILES string of the molecule is CCC1(CNC(=NC)NCc2ccc(OCCOC)cc2)CCCC1.I. The molecule has 0 heterocycles. The number of benzene rings is 1. The monoisotopic (exact) mass is 475 g/mol. The molecule has 0 saturated heterocycles. The molecule has 0 aliphatic heterocycles. The Balaban J connectivity index is 0.00000338. The summed E-state index contributed by atoms with van der Waals surface area (Å²) in [5.41, 5.74) is 1.66. The molecule has 0 aromatic heterocycles. The smallest absolute Gasteiger partial charge is 0.191 e. The number of hydrogen-bond acceptors (Lipinski definition) is 3. The van der Waals surface area contributed by atoms with Crippen LogP contribution in [-0.2, 0) is 11.3 Å². The Kier molecular flexibility index (Phi) is 11.0. The van der Waals surface area contributed by atoms with E-state index in [1.165, 1.54) is 37.7 Å². The number of ether oxygens (including phenoxy) is 2. The molecule has 0 bridgehead atoms.